The highest BCUT2D eigenvalue weighted by atomic mass is 19.4. The number of carbonyl (C=O) groups is 2. The average Bonchev–Trinajstić information content (AvgIpc) is 2.55. The van der Waals surface area contributed by atoms with Crippen molar-refractivity contribution < 1.29 is 27.9 Å². The molecule has 8 heteroatoms. The highest BCUT2D eigenvalue weighted by Gasteiger charge is 2.32. The minimum Gasteiger partial charge on any atom is -0.396 e. The van der Waals surface area contributed by atoms with Gasteiger partial charge in [-0.1, -0.05) is 6.07 Å². The summed E-state index contributed by atoms with van der Waals surface area (Å²) in [4.78, 5) is 25.5. The van der Waals surface area contributed by atoms with Crippen LogP contribution in [-0.4, -0.2) is 41.5 Å². The largest absolute Gasteiger partial charge is 0.416 e. The number of nitrogens with zero attached hydrogens (tertiary/aromatic N) is 1. The molecular formula is C16H19F3N2O3. The highest BCUT2D eigenvalue weighted by molar-refractivity contribution is 6.39. The molecular weight excluding hydrogens is 325 g/mol. The second kappa shape index (κ2) is 7.21. The monoisotopic (exact) mass is 344 g/mol. The molecule has 1 fully saturated rings. The van der Waals surface area contributed by atoms with Crippen LogP contribution in [0.25, 0.3) is 0 Å². The number of rotatable bonds is 2. The number of aliphatic hydroxyl groups excluding tert-OH is 1. The van der Waals surface area contributed by atoms with E-state index >= 15 is 0 Å². The molecule has 2 rings (SSSR count). The Balaban J connectivity index is 2.05. The van der Waals surface area contributed by atoms with Gasteiger partial charge in [-0.2, -0.15) is 13.2 Å². The van der Waals surface area contributed by atoms with E-state index in [1.807, 2.05) is 0 Å². The molecule has 1 saturated heterocycles. The summed E-state index contributed by atoms with van der Waals surface area (Å²) in [6.45, 7) is 2.28. The zero-order valence-electron chi connectivity index (χ0n) is 13.2. The first-order chi connectivity index (χ1) is 11.2. The van der Waals surface area contributed by atoms with Crippen LogP contribution in [0.15, 0.2) is 18.2 Å². The quantitative estimate of drug-likeness (QED) is 0.808. The minimum absolute atomic E-state index is 0.0339. The summed E-state index contributed by atoms with van der Waals surface area (Å²) in [6, 6.07) is 2.99. The second-order valence-corrected chi connectivity index (χ2v) is 5.90. The third kappa shape index (κ3) is 4.25. The zero-order valence-corrected chi connectivity index (χ0v) is 13.2. The number of anilines is 1. The van der Waals surface area contributed by atoms with E-state index < -0.39 is 23.6 Å². The third-order valence-electron chi connectivity index (χ3n) is 4.17. The number of halogens is 3. The average molecular weight is 344 g/mol. The molecule has 1 aromatic carbocycles. The Hall–Kier alpha value is -2.09. The van der Waals surface area contributed by atoms with Gasteiger partial charge in [0.2, 0.25) is 0 Å². The Morgan fingerprint density at radius 1 is 1.29 bits per heavy atom. The first-order valence-electron chi connectivity index (χ1n) is 7.61. The molecule has 1 aromatic rings. The van der Waals surface area contributed by atoms with Crippen molar-refractivity contribution in [2.24, 2.45) is 5.92 Å². The fourth-order valence-corrected chi connectivity index (χ4v) is 2.57. The molecule has 0 aromatic heterocycles. The normalized spacial score (nSPS) is 16.1. The molecule has 1 aliphatic rings. The van der Waals surface area contributed by atoms with Gasteiger partial charge in [-0.25, -0.2) is 0 Å². The first kappa shape index (κ1) is 18.3. The Morgan fingerprint density at radius 2 is 1.92 bits per heavy atom. The third-order valence-corrected chi connectivity index (χ3v) is 4.17. The van der Waals surface area contributed by atoms with Crippen molar-refractivity contribution in [2.45, 2.75) is 25.9 Å². The minimum atomic E-state index is -4.52. The van der Waals surface area contributed by atoms with Gasteiger partial charge in [0.15, 0.2) is 0 Å². The van der Waals surface area contributed by atoms with Crippen LogP contribution in [0.5, 0.6) is 0 Å². The van der Waals surface area contributed by atoms with Crippen LogP contribution in [0.2, 0.25) is 0 Å². The van der Waals surface area contributed by atoms with Gasteiger partial charge in [0.05, 0.1) is 5.56 Å². The van der Waals surface area contributed by atoms with Crippen molar-refractivity contribution in [1.29, 1.82) is 0 Å². The number of alkyl halides is 3. The van der Waals surface area contributed by atoms with Crippen molar-refractivity contribution in [3.63, 3.8) is 0 Å². The fraction of sp³-hybridized carbons (Fsp3) is 0.500. The van der Waals surface area contributed by atoms with E-state index in [0.29, 0.717) is 31.5 Å². The van der Waals surface area contributed by atoms with E-state index in [4.69, 9.17) is 5.11 Å². The van der Waals surface area contributed by atoms with Crippen LogP contribution in [0.4, 0.5) is 18.9 Å². The summed E-state index contributed by atoms with van der Waals surface area (Å²) in [5.74, 6) is -1.62. The maximum Gasteiger partial charge on any atom is 0.416 e. The number of nitrogens with one attached hydrogen (secondary N) is 1. The molecule has 5 nitrogen and oxygen atoms in total. The maximum atomic E-state index is 12.7. The summed E-state index contributed by atoms with van der Waals surface area (Å²) in [5, 5.41) is 11.3. The van der Waals surface area contributed by atoms with E-state index in [0.717, 1.165) is 12.1 Å². The number of piperidine rings is 1. The molecule has 2 amide bonds. The molecule has 2 N–H and O–H groups in total. The zero-order chi connectivity index (χ0) is 17.9. The van der Waals surface area contributed by atoms with Gasteiger partial charge in [-0.15, -0.1) is 0 Å². The van der Waals surface area contributed by atoms with E-state index in [1.165, 1.54) is 11.0 Å². The number of hydrogen-bond donors (Lipinski definition) is 2. The Morgan fingerprint density at radius 3 is 2.46 bits per heavy atom. The fourth-order valence-electron chi connectivity index (χ4n) is 2.57. The van der Waals surface area contributed by atoms with Gasteiger partial charge in [0.25, 0.3) is 0 Å². The predicted octanol–water partition coefficient (Wildman–Crippen LogP) is 2.18. The van der Waals surface area contributed by atoms with Gasteiger partial charge >= 0.3 is 18.0 Å². The van der Waals surface area contributed by atoms with Crippen LogP contribution in [0.3, 0.4) is 0 Å². The van der Waals surface area contributed by atoms with Crippen LogP contribution in [-0.2, 0) is 15.8 Å². The van der Waals surface area contributed by atoms with Gasteiger partial charge in [-0.3, -0.25) is 9.59 Å². The van der Waals surface area contributed by atoms with Crippen molar-refractivity contribution in [3.8, 4) is 0 Å². The molecule has 1 heterocycles. The standard InChI is InChI=1S/C16H19F3N2O3/c1-10-2-3-12(16(17,18)19)8-13(10)20-14(23)15(24)21-6-4-11(9-22)5-7-21/h2-3,8,11,22H,4-7,9H2,1H3,(H,20,23). The van der Waals surface area contributed by atoms with Gasteiger partial charge < -0.3 is 15.3 Å². The van der Waals surface area contributed by atoms with Gasteiger partial charge in [0.1, 0.15) is 0 Å². The summed E-state index contributed by atoms with van der Waals surface area (Å²) in [5.41, 5.74) is -0.490. The maximum absolute atomic E-state index is 12.7. The second-order valence-electron chi connectivity index (χ2n) is 5.90. The van der Waals surface area contributed by atoms with E-state index in [9.17, 15) is 22.8 Å². The van der Waals surface area contributed by atoms with E-state index in [2.05, 4.69) is 5.32 Å². The Labute approximate surface area is 137 Å². The number of benzene rings is 1. The van der Waals surface area contributed by atoms with Gasteiger partial charge in [-0.05, 0) is 43.4 Å². The van der Waals surface area contributed by atoms with Gasteiger partial charge in [0, 0.05) is 25.4 Å². The van der Waals surface area contributed by atoms with Crippen LogP contribution in [0, 0.1) is 12.8 Å². The smallest absolute Gasteiger partial charge is 0.396 e. The Kier molecular flexibility index (Phi) is 5.48. The number of hydrogen-bond acceptors (Lipinski definition) is 3. The lowest BCUT2D eigenvalue weighted by atomic mass is 9.98. The lowest BCUT2D eigenvalue weighted by molar-refractivity contribution is -0.144. The summed E-state index contributed by atoms with van der Waals surface area (Å²) in [7, 11) is 0. The number of carbonyl (C=O) groups excluding carboxylic acids is 2. The van der Waals surface area contributed by atoms with Crippen LogP contribution < -0.4 is 5.32 Å². The lowest BCUT2D eigenvalue weighted by Gasteiger charge is -2.30. The number of aliphatic hydroxyl groups is 1. The molecule has 132 valence electrons. The van der Waals surface area contributed by atoms with Crippen LogP contribution >= 0.6 is 0 Å². The molecule has 0 atom stereocenters. The summed E-state index contributed by atoms with van der Waals surface area (Å²) < 4.78 is 38.2. The summed E-state index contributed by atoms with van der Waals surface area (Å²) in [6.07, 6.45) is -3.33. The van der Waals surface area contributed by atoms with Crippen molar-refractivity contribution in [2.75, 3.05) is 25.0 Å². The lowest BCUT2D eigenvalue weighted by Crippen LogP contribution is -2.44. The van der Waals surface area contributed by atoms with E-state index in [-0.39, 0.29) is 18.2 Å². The molecule has 0 unspecified atom stereocenters. The Bertz CT molecular complexity index is 623. The topological polar surface area (TPSA) is 69.6 Å². The molecule has 0 aliphatic carbocycles. The van der Waals surface area contributed by atoms with Crippen molar-refractivity contribution in [1.82, 2.24) is 4.90 Å². The molecule has 0 bridgehead atoms. The highest BCUT2D eigenvalue weighted by Crippen LogP contribution is 2.32. The van der Waals surface area contributed by atoms with Crippen molar-refractivity contribution in [3.05, 3.63) is 29.3 Å². The predicted molar refractivity (Wildman–Crippen MR) is 81.2 cm³/mol. The number of amides is 2. The SMILES string of the molecule is Cc1ccc(C(F)(F)F)cc1NC(=O)C(=O)N1CCC(CO)CC1. The molecule has 0 spiro atoms. The number of aryl methyl sites for hydroxylation is 1. The molecule has 1 aliphatic heterocycles. The molecule has 0 radical (unpaired) electrons. The number of likely N-dealkylation sites (tertiary alicyclic amines) is 1. The first-order valence-corrected chi connectivity index (χ1v) is 7.61. The van der Waals surface area contributed by atoms with Crippen molar-refractivity contribution >= 4 is 17.5 Å². The molecule has 24 heavy (non-hydrogen) atoms. The molecule has 0 saturated carbocycles. The van der Waals surface area contributed by atoms with E-state index in [1.54, 1.807) is 6.92 Å². The summed E-state index contributed by atoms with van der Waals surface area (Å²) >= 11 is 0. The van der Waals surface area contributed by atoms with Crippen LogP contribution in [0.1, 0.15) is 24.0 Å².